The van der Waals surface area contributed by atoms with Crippen molar-refractivity contribution in [2.75, 3.05) is 26.1 Å². The summed E-state index contributed by atoms with van der Waals surface area (Å²) in [5, 5.41) is 12.9. The number of nitrogens with one attached hydrogen (secondary N) is 1. The summed E-state index contributed by atoms with van der Waals surface area (Å²) in [4.78, 5) is 8.25. The minimum atomic E-state index is -0.611. The number of methoxy groups -OCH3 is 2. The molecule has 0 bridgehead atoms. The number of rotatable bonds is 5. The van der Waals surface area contributed by atoms with Gasteiger partial charge in [0, 0.05) is 6.54 Å². The molecule has 0 unspecified atom stereocenters. The van der Waals surface area contributed by atoms with E-state index in [9.17, 15) is 5.11 Å². The Hall–Kier alpha value is -1.56. The number of aromatic nitrogens is 2. The number of hydrogen-bond acceptors (Lipinski definition) is 6. The van der Waals surface area contributed by atoms with Crippen molar-refractivity contribution in [3.05, 3.63) is 6.07 Å². The van der Waals surface area contributed by atoms with Gasteiger partial charge in [-0.05, 0) is 19.3 Å². The molecule has 0 atom stereocenters. The van der Waals surface area contributed by atoms with Crippen molar-refractivity contribution >= 4 is 5.95 Å². The van der Waals surface area contributed by atoms with Crippen LogP contribution >= 0.6 is 0 Å². The Balaban J connectivity index is 2.03. The van der Waals surface area contributed by atoms with E-state index in [1.54, 1.807) is 6.07 Å². The van der Waals surface area contributed by atoms with Gasteiger partial charge in [-0.15, -0.1) is 0 Å². The van der Waals surface area contributed by atoms with Gasteiger partial charge in [0.1, 0.15) is 0 Å². The standard InChI is InChI=1S/C11H17N3O3/c1-16-8-6-9(17-2)14-10(13-8)12-7-11(15)4-3-5-11/h6,15H,3-5,7H2,1-2H3,(H,12,13,14). The molecule has 6 nitrogen and oxygen atoms in total. The average Bonchev–Trinajstić information content (AvgIpc) is 2.33. The third kappa shape index (κ3) is 2.76. The van der Waals surface area contributed by atoms with E-state index in [1.807, 2.05) is 0 Å². The van der Waals surface area contributed by atoms with Gasteiger partial charge in [-0.1, -0.05) is 0 Å². The third-order valence-corrected chi connectivity index (χ3v) is 2.96. The summed E-state index contributed by atoms with van der Waals surface area (Å²) in [7, 11) is 3.07. The Kier molecular flexibility index (Phi) is 3.33. The van der Waals surface area contributed by atoms with Crippen LogP contribution in [0.25, 0.3) is 0 Å². The molecule has 0 aliphatic heterocycles. The number of hydrogen-bond donors (Lipinski definition) is 2. The van der Waals surface area contributed by atoms with E-state index >= 15 is 0 Å². The molecule has 1 aliphatic rings. The van der Waals surface area contributed by atoms with E-state index in [1.165, 1.54) is 14.2 Å². The first kappa shape index (κ1) is 11.9. The van der Waals surface area contributed by atoms with Crippen LogP contribution in [0.2, 0.25) is 0 Å². The van der Waals surface area contributed by atoms with Gasteiger partial charge in [0.05, 0.1) is 25.9 Å². The Morgan fingerprint density at radius 2 is 1.88 bits per heavy atom. The predicted octanol–water partition coefficient (Wildman–Crippen LogP) is 0.821. The highest BCUT2D eigenvalue weighted by molar-refractivity contribution is 5.34. The molecule has 2 N–H and O–H groups in total. The van der Waals surface area contributed by atoms with Gasteiger partial charge in [-0.25, -0.2) is 0 Å². The number of anilines is 1. The Labute approximate surface area is 100.0 Å². The molecular formula is C11H17N3O3. The van der Waals surface area contributed by atoms with Crippen LogP contribution < -0.4 is 14.8 Å². The molecule has 94 valence electrons. The molecular weight excluding hydrogens is 222 g/mol. The minimum absolute atomic E-state index is 0.404. The molecule has 0 aromatic carbocycles. The lowest BCUT2D eigenvalue weighted by Crippen LogP contribution is -2.43. The Morgan fingerprint density at radius 1 is 1.29 bits per heavy atom. The first-order chi connectivity index (χ1) is 8.15. The lowest BCUT2D eigenvalue weighted by atomic mass is 9.80. The molecule has 0 amide bonds. The van der Waals surface area contributed by atoms with Gasteiger partial charge < -0.3 is 19.9 Å². The summed E-state index contributed by atoms with van der Waals surface area (Å²) in [6.07, 6.45) is 2.71. The van der Waals surface area contributed by atoms with Gasteiger partial charge in [0.2, 0.25) is 17.7 Å². The van der Waals surface area contributed by atoms with Crippen molar-refractivity contribution in [2.24, 2.45) is 0 Å². The normalized spacial score (nSPS) is 17.1. The smallest absolute Gasteiger partial charge is 0.229 e. The van der Waals surface area contributed by atoms with Gasteiger partial charge in [0.25, 0.3) is 0 Å². The molecule has 6 heteroatoms. The summed E-state index contributed by atoms with van der Waals surface area (Å²) in [6, 6.07) is 1.60. The van der Waals surface area contributed by atoms with Crippen molar-refractivity contribution in [1.82, 2.24) is 9.97 Å². The van der Waals surface area contributed by atoms with Crippen LogP contribution in [0.3, 0.4) is 0 Å². The van der Waals surface area contributed by atoms with E-state index in [4.69, 9.17) is 9.47 Å². The zero-order valence-electron chi connectivity index (χ0n) is 10.1. The highest BCUT2D eigenvalue weighted by Crippen LogP contribution is 2.31. The fourth-order valence-corrected chi connectivity index (χ4v) is 1.70. The first-order valence-electron chi connectivity index (χ1n) is 5.58. The largest absolute Gasteiger partial charge is 0.481 e. The highest BCUT2D eigenvalue weighted by Gasteiger charge is 2.34. The quantitative estimate of drug-likeness (QED) is 0.792. The molecule has 1 fully saturated rings. The van der Waals surface area contributed by atoms with Gasteiger partial charge in [0.15, 0.2) is 0 Å². The van der Waals surface area contributed by atoms with Crippen LogP contribution in [-0.2, 0) is 0 Å². The summed E-state index contributed by atoms with van der Waals surface area (Å²) in [5.74, 6) is 1.27. The van der Waals surface area contributed by atoms with Crippen molar-refractivity contribution in [3.8, 4) is 11.8 Å². The topological polar surface area (TPSA) is 76.5 Å². The van der Waals surface area contributed by atoms with Gasteiger partial charge >= 0.3 is 0 Å². The molecule has 1 heterocycles. The second-order valence-corrected chi connectivity index (χ2v) is 4.21. The molecule has 1 aliphatic carbocycles. The maximum Gasteiger partial charge on any atom is 0.229 e. The molecule has 2 rings (SSSR count). The third-order valence-electron chi connectivity index (χ3n) is 2.96. The number of aliphatic hydroxyl groups is 1. The SMILES string of the molecule is COc1cc(OC)nc(NCC2(O)CCC2)n1. The summed E-state index contributed by atoms with van der Waals surface area (Å²) in [5.41, 5.74) is -0.611. The predicted molar refractivity (Wildman–Crippen MR) is 62.4 cm³/mol. The highest BCUT2D eigenvalue weighted by atomic mass is 16.5. The van der Waals surface area contributed by atoms with Crippen molar-refractivity contribution in [3.63, 3.8) is 0 Å². The Bertz CT molecular complexity index is 371. The van der Waals surface area contributed by atoms with Crippen LogP contribution in [0.1, 0.15) is 19.3 Å². The summed E-state index contributed by atoms with van der Waals surface area (Å²) in [6.45, 7) is 0.448. The van der Waals surface area contributed by atoms with E-state index in [0.29, 0.717) is 24.3 Å². The summed E-state index contributed by atoms with van der Waals surface area (Å²) < 4.78 is 10.1. The molecule has 1 saturated carbocycles. The van der Waals surface area contributed by atoms with Gasteiger partial charge in [-0.2, -0.15) is 9.97 Å². The summed E-state index contributed by atoms with van der Waals surface area (Å²) >= 11 is 0. The van der Waals surface area contributed by atoms with E-state index in [-0.39, 0.29) is 0 Å². The van der Waals surface area contributed by atoms with E-state index < -0.39 is 5.60 Å². The zero-order valence-corrected chi connectivity index (χ0v) is 10.1. The van der Waals surface area contributed by atoms with Crippen LogP contribution in [0.4, 0.5) is 5.95 Å². The van der Waals surface area contributed by atoms with Crippen LogP contribution in [0, 0.1) is 0 Å². The van der Waals surface area contributed by atoms with Crippen molar-refractivity contribution < 1.29 is 14.6 Å². The lowest BCUT2D eigenvalue weighted by Gasteiger charge is -2.36. The maximum atomic E-state index is 9.94. The van der Waals surface area contributed by atoms with Crippen LogP contribution in [0.15, 0.2) is 6.07 Å². The number of nitrogens with zero attached hydrogens (tertiary/aromatic N) is 2. The average molecular weight is 239 g/mol. The fourth-order valence-electron chi connectivity index (χ4n) is 1.70. The monoisotopic (exact) mass is 239 g/mol. The lowest BCUT2D eigenvalue weighted by molar-refractivity contribution is -0.0203. The molecule has 1 aromatic heterocycles. The molecule has 1 aromatic rings. The molecule has 0 spiro atoms. The maximum absolute atomic E-state index is 9.94. The van der Waals surface area contributed by atoms with E-state index in [0.717, 1.165) is 19.3 Å². The molecule has 0 radical (unpaired) electrons. The van der Waals surface area contributed by atoms with Gasteiger partial charge in [-0.3, -0.25) is 0 Å². The zero-order chi connectivity index (χ0) is 12.3. The van der Waals surface area contributed by atoms with Crippen LogP contribution in [-0.4, -0.2) is 41.4 Å². The van der Waals surface area contributed by atoms with Crippen molar-refractivity contribution in [1.29, 1.82) is 0 Å². The Morgan fingerprint density at radius 3 is 2.29 bits per heavy atom. The van der Waals surface area contributed by atoms with E-state index in [2.05, 4.69) is 15.3 Å². The fraction of sp³-hybridized carbons (Fsp3) is 0.636. The molecule has 17 heavy (non-hydrogen) atoms. The second-order valence-electron chi connectivity index (χ2n) is 4.21. The minimum Gasteiger partial charge on any atom is -0.481 e. The molecule has 0 saturated heterocycles. The number of ether oxygens (including phenoxy) is 2. The second kappa shape index (κ2) is 4.75. The first-order valence-corrected chi connectivity index (χ1v) is 5.58. The van der Waals surface area contributed by atoms with Crippen LogP contribution in [0.5, 0.6) is 11.8 Å². The van der Waals surface area contributed by atoms with Crippen molar-refractivity contribution in [2.45, 2.75) is 24.9 Å².